The number of urea groups is 1. The quantitative estimate of drug-likeness (QED) is 0.469. The normalized spacial score (nSPS) is 25.2. The fourth-order valence-corrected chi connectivity index (χ4v) is 5.54. The molecule has 1 aromatic carbocycles. The molecule has 2 aliphatic heterocycles. The Morgan fingerprint density at radius 1 is 1.11 bits per heavy atom. The number of fused-ring (bicyclic) bond motifs is 3. The SMILES string of the molecule is O=C(C[C@H]1C[C@H]2c3cc(NC(=O)NC4CCCCC4)ccc3O[C@H]2[C@@H](CO)O1)NCc1ccccn1. The Hall–Kier alpha value is -3.17. The molecule has 36 heavy (non-hydrogen) atoms. The molecule has 5 rings (SSSR count). The highest BCUT2D eigenvalue weighted by molar-refractivity contribution is 5.89. The second kappa shape index (κ2) is 11.3. The van der Waals surface area contributed by atoms with Crippen LogP contribution in [0.4, 0.5) is 10.5 Å². The van der Waals surface area contributed by atoms with Gasteiger partial charge in [0.1, 0.15) is 18.0 Å². The van der Waals surface area contributed by atoms with Gasteiger partial charge in [-0.3, -0.25) is 9.78 Å². The smallest absolute Gasteiger partial charge is 0.319 e. The van der Waals surface area contributed by atoms with Crippen molar-refractivity contribution in [3.05, 3.63) is 53.9 Å². The van der Waals surface area contributed by atoms with E-state index in [2.05, 4.69) is 20.9 Å². The lowest BCUT2D eigenvalue weighted by molar-refractivity contribution is -0.142. The molecular weight excluding hydrogens is 460 g/mol. The highest BCUT2D eigenvalue weighted by Gasteiger charge is 2.46. The molecule has 2 aromatic rings. The number of pyridine rings is 1. The molecule has 4 atom stereocenters. The first-order valence-electron chi connectivity index (χ1n) is 12.9. The number of benzene rings is 1. The van der Waals surface area contributed by atoms with Crippen LogP contribution in [0.1, 0.15) is 62.1 Å². The number of hydrogen-bond donors (Lipinski definition) is 4. The van der Waals surface area contributed by atoms with E-state index in [4.69, 9.17) is 9.47 Å². The minimum atomic E-state index is -0.532. The van der Waals surface area contributed by atoms with Gasteiger partial charge in [-0.05, 0) is 49.6 Å². The van der Waals surface area contributed by atoms with Gasteiger partial charge in [0.25, 0.3) is 0 Å². The Morgan fingerprint density at radius 2 is 1.97 bits per heavy atom. The molecule has 3 heterocycles. The first-order chi connectivity index (χ1) is 17.6. The Bertz CT molecular complexity index is 1060. The summed E-state index contributed by atoms with van der Waals surface area (Å²) in [6.07, 6.45) is 6.83. The van der Waals surface area contributed by atoms with E-state index < -0.39 is 6.10 Å². The molecule has 1 aromatic heterocycles. The van der Waals surface area contributed by atoms with E-state index >= 15 is 0 Å². The van der Waals surface area contributed by atoms with Crippen LogP contribution in [0, 0.1) is 0 Å². The number of carbonyl (C=O) groups excluding carboxylic acids is 2. The van der Waals surface area contributed by atoms with Gasteiger partial charge in [0.05, 0.1) is 31.4 Å². The highest BCUT2D eigenvalue weighted by Crippen LogP contribution is 2.47. The molecule has 192 valence electrons. The maximum atomic E-state index is 12.6. The lowest BCUT2D eigenvalue weighted by Crippen LogP contribution is -2.47. The molecule has 0 spiro atoms. The average Bonchev–Trinajstić information content (AvgIpc) is 3.26. The minimum Gasteiger partial charge on any atom is -0.487 e. The second-order valence-corrected chi connectivity index (χ2v) is 9.89. The van der Waals surface area contributed by atoms with Crippen LogP contribution in [0.5, 0.6) is 5.75 Å². The zero-order chi connectivity index (χ0) is 24.9. The first-order valence-corrected chi connectivity index (χ1v) is 12.9. The Kier molecular flexibility index (Phi) is 7.67. The number of nitrogens with zero attached hydrogens (tertiary/aromatic N) is 1. The number of hydrogen-bond acceptors (Lipinski definition) is 6. The number of nitrogens with one attached hydrogen (secondary N) is 3. The molecule has 0 radical (unpaired) electrons. The van der Waals surface area contributed by atoms with E-state index in [1.807, 2.05) is 36.4 Å². The van der Waals surface area contributed by atoms with Crippen molar-refractivity contribution >= 4 is 17.6 Å². The van der Waals surface area contributed by atoms with Crippen molar-refractivity contribution < 1.29 is 24.2 Å². The van der Waals surface area contributed by atoms with Crippen molar-refractivity contribution in [2.75, 3.05) is 11.9 Å². The van der Waals surface area contributed by atoms with Crippen molar-refractivity contribution in [2.24, 2.45) is 0 Å². The van der Waals surface area contributed by atoms with E-state index in [1.54, 1.807) is 6.20 Å². The van der Waals surface area contributed by atoms with Crippen molar-refractivity contribution in [1.29, 1.82) is 0 Å². The van der Waals surface area contributed by atoms with Crippen molar-refractivity contribution in [2.45, 2.75) is 81.8 Å². The van der Waals surface area contributed by atoms with Crippen LogP contribution in [0.3, 0.4) is 0 Å². The zero-order valence-corrected chi connectivity index (χ0v) is 20.3. The van der Waals surface area contributed by atoms with Gasteiger partial charge in [-0.15, -0.1) is 0 Å². The van der Waals surface area contributed by atoms with Crippen LogP contribution in [-0.4, -0.2) is 53.0 Å². The predicted molar refractivity (Wildman–Crippen MR) is 134 cm³/mol. The predicted octanol–water partition coefficient (Wildman–Crippen LogP) is 3.24. The summed E-state index contributed by atoms with van der Waals surface area (Å²) in [5.74, 6) is 0.558. The molecular formula is C27H34N4O5. The summed E-state index contributed by atoms with van der Waals surface area (Å²) < 4.78 is 12.2. The molecule has 1 saturated carbocycles. The number of rotatable bonds is 7. The number of amides is 3. The fraction of sp³-hybridized carbons (Fsp3) is 0.519. The van der Waals surface area contributed by atoms with Gasteiger partial charge in [0.15, 0.2) is 0 Å². The molecule has 1 aliphatic carbocycles. The monoisotopic (exact) mass is 494 g/mol. The van der Waals surface area contributed by atoms with Gasteiger partial charge in [-0.25, -0.2) is 4.79 Å². The first kappa shape index (κ1) is 24.5. The number of aromatic nitrogens is 1. The molecule has 3 amide bonds. The second-order valence-electron chi connectivity index (χ2n) is 9.89. The van der Waals surface area contributed by atoms with E-state index in [0.29, 0.717) is 18.7 Å². The lowest BCUT2D eigenvalue weighted by atomic mass is 9.84. The van der Waals surface area contributed by atoms with Crippen molar-refractivity contribution in [3.63, 3.8) is 0 Å². The zero-order valence-electron chi connectivity index (χ0n) is 20.3. The summed E-state index contributed by atoms with van der Waals surface area (Å²) in [6, 6.07) is 11.2. The summed E-state index contributed by atoms with van der Waals surface area (Å²) in [7, 11) is 0. The Balaban J connectivity index is 1.21. The van der Waals surface area contributed by atoms with Crippen LogP contribution in [-0.2, 0) is 16.1 Å². The summed E-state index contributed by atoms with van der Waals surface area (Å²) in [5, 5.41) is 18.9. The maximum absolute atomic E-state index is 12.6. The molecule has 0 unspecified atom stereocenters. The van der Waals surface area contributed by atoms with Gasteiger partial charge in [-0.1, -0.05) is 25.3 Å². The third-order valence-electron chi connectivity index (χ3n) is 7.30. The molecule has 4 N–H and O–H groups in total. The number of aliphatic hydroxyl groups excluding tert-OH is 1. The largest absolute Gasteiger partial charge is 0.487 e. The summed E-state index contributed by atoms with van der Waals surface area (Å²) in [5.41, 5.74) is 2.45. The molecule has 0 bridgehead atoms. The minimum absolute atomic E-state index is 0.0392. The number of ether oxygens (including phenoxy) is 2. The van der Waals surface area contributed by atoms with Crippen molar-refractivity contribution in [1.82, 2.24) is 15.6 Å². The van der Waals surface area contributed by atoms with Gasteiger partial charge < -0.3 is 30.5 Å². The lowest BCUT2D eigenvalue weighted by Gasteiger charge is -2.37. The molecule has 1 saturated heterocycles. The fourth-order valence-electron chi connectivity index (χ4n) is 5.54. The van der Waals surface area contributed by atoms with Crippen LogP contribution >= 0.6 is 0 Å². The number of anilines is 1. The van der Waals surface area contributed by atoms with E-state index in [9.17, 15) is 14.7 Å². The van der Waals surface area contributed by atoms with E-state index in [-0.39, 0.29) is 49.1 Å². The van der Waals surface area contributed by atoms with Gasteiger partial charge in [0, 0.05) is 29.4 Å². The van der Waals surface area contributed by atoms with Gasteiger partial charge in [-0.2, -0.15) is 0 Å². The van der Waals surface area contributed by atoms with Crippen LogP contribution in [0.15, 0.2) is 42.6 Å². The van der Waals surface area contributed by atoms with Crippen LogP contribution in [0.25, 0.3) is 0 Å². The highest BCUT2D eigenvalue weighted by atomic mass is 16.6. The standard InChI is InChI=1S/C27H34N4O5/c32-16-24-26-22(13-20(35-24)14-25(33)29-15-19-8-4-5-11-28-19)21-12-18(9-10-23(21)36-26)31-27(34)30-17-6-2-1-3-7-17/h4-5,8-12,17,20,22,24,26,32H,1-3,6-7,13-16H2,(H,29,33)(H2,30,31,34)/t20-,22+,24-,26-/m1/s1. The third-order valence-corrected chi connectivity index (χ3v) is 7.30. The van der Waals surface area contributed by atoms with Gasteiger partial charge >= 0.3 is 6.03 Å². The molecule has 3 aliphatic rings. The van der Waals surface area contributed by atoms with E-state index in [0.717, 1.165) is 42.7 Å². The Morgan fingerprint density at radius 3 is 2.75 bits per heavy atom. The van der Waals surface area contributed by atoms with Gasteiger partial charge in [0.2, 0.25) is 5.91 Å². The average molecular weight is 495 g/mol. The van der Waals surface area contributed by atoms with E-state index in [1.165, 1.54) is 6.42 Å². The third kappa shape index (κ3) is 5.79. The summed E-state index contributed by atoms with van der Waals surface area (Å²) >= 11 is 0. The molecule has 9 nitrogen and oxygen atoms in total. The molecule has 2 fully saturated rings. The van der Waals surface area contributed by atoms with Crippen LogP contribution < -0.4 is 20.7 Å². The number of aliphatic hydroxyl groups is 1. The number of carbonyl (C=O) groups is 2. The summed E-state index contributed by atoms with van der Waals surface area (Å²) in [6.45, 7) is 0.155. The topological polar surface area (TPSA) is 122 Å². The molecule has 9 heteroatoms. The van der Waals surface area contributed by atoms with Crippen LogP contribution in [0.2, 0.25) is 0 Å². The van der Waals surface area contributed by atoms with Crippen molar-refractivity contribution in [3.8, 4) is 5.75 Å². The summed E-state index contributed by atoms with van der Waals surface area (Å²) in [4.78, 5) is 29.4. The Labute approximate surface area is 211 Å². The maximum Gasteiger partial charge on any atom is 0.319 e.